The van der Waals surface area contributed by atoms with E-state index < -0.39 is 0 Å². The van der Waals surface area contributed by atoms with E-state index in [2.05, 4.69) is 40.4 Å². The molecule has 1 aliphatic rings. The third-order valence-corrected chi connectivity index (χ3v) is 4.81. The lowest BCUT2D eigenvalue weighted by atomic mass is 9.92. The Labute approximate surface area is 124 Å². The molecule has 0 bridgehead atoms. The van der Waals surface area contributed by atoms with Gasteiger partial charge in [-0.15, -0.1) is 0 Å². The summed E-state index contributed by atoms with van der Waals surface area (Å²) >= 11 is 3.54. The van der Waals surface area contributed by atoms with E-state index in [0.29, 0.717) is 12.0 Å². The van der Waals surface area contributed by atoms with E-state index in [1.165, 1.54) is 24.8 Å². The molecule has 1 fully saturated rings. The first-order chi connectivity index (χ1) is 9.13. The second-order valence-electron chi connectivity index (χ2n) is 5.62. The van der Waals surface area contributed by atoms with Crippen LogP contribution < -0.4 is 16.0 Å². The quantitative estimate of drug-likeness (QED) is 0.645. The van der Waals surface area contributed by atoms with Gasteiger partial charge in [-0.25, -0.2) is 0 Å². The van der Waals surface area contributed by atoms with Gasteiger partial charge in [0.15, 0.2) is 0 Å². The molecule has 4 heteroatoms. The molecule has 19 heavy (non-hydrogen) atoms. The molecule has 1 saturated carbocycles. The van der Waals surface area contributed by atoms with Crippen LogP contribution in [-0.4, -0.2) is 13.2 Å². The lowest BCUT2D eigenvalue weighted by Crippen LogP contribution is -2.41. The van der Waals surface area contributed by atoms with Gasteiger partial charge < -0.3 is 4.74 Å². The topological polar surface area (TPSA) is 47.3 Å². The largest absolute Gasteiger partial charge is 0.496 e. The second-order valence-corrected chi connectivity index (χ2v) is 6.48. The molecule has 0 aromatic heterocycles. The lowest BCUT2D eigenvalue weighted by Gasteiger charge is -2.23. The molecular formula is C15H23BrN2O. The number of hydrazine groups is 1. The minimum atomic E-state index is 0.366. The standard InChI is InChI=1S/C15H23BrN2O/c1-10-3-5-12(7-10)14(18-17)9-11-4-6-15(19-2)13(16)8-11/h4,6,8,10,12,14,18H,3,5,7,9,17H2,1-2H3. The summed E-state index contributed by atoms with van der Waals surface area (Å²) in [7, 11) is 1.68. The lowest BCUT2D eigenvalue weighted by molar-refractivity contribution is 0.352. The number of ether oxygens (including phenoxy) is 1. The zero-order valence-electron chi connectivity index (χ0n) is 11.7. The number of halogens is 1. The number of rotatable bonds is 5. The minimum absolute atomic E-state index is 0.366. The van der Waals surface area contributed by atoms with Crippen LogP contribution >= 0.6 is 15.9 Å². The zero-order valence-corrected chi connectivity index (χ0v) is 13.2. The van der Waals surface area contributed by atoms with Crippen molar-refractivity contribution in [1.82, 2.24) is 5.43 Å². The van der Waals surface area contributed by atoms with Gasteiger partial charge in [0, 0.05) is 6.04 Å². The SMILES string of the molecule is COc1ccc(CC(NN)C2CCC(C)C2)cc1Br. The maximum Gasteiger partial charge on any atom is 0.133 e. The third-order valence-electron chi connectivity index (χ3n) is 4.19. The fraction of sp³-hybridized carbons (Fsp3) is 0.600. The Morgan fingerprint density at radius 2 is 2.26 bits per heavy atom. The number of benzene rings is 1. The highest BCUT2D eigenvalue weighted by molar-refractivity contribution is 9.10. The molecule has 3 unspecified atom stereocenters. The van der Waals surface area contributed by atoms with Crippen LogP contribution in [0.2, 0.25) is 0 Å². The molecule has 1 aliphatic carbocycles. The van der Waals surface area contributed by atoms with Crippen molar-refractivity contribution < 1.29 is 4.74 Å². The van der Waals surface area contributed by atoms with E-state index in [4.69, 9.17) is 10.6 Å². The van der Waals surface area contributed by atoms with Crippen molar-refractivity contribution in [2.45, 2.75) is 38.6 Å². The number of nitrogens with one attached hydrogen (secondary N) is 1. The smallest absolute Gasteiger partial charge is 0.133 e. The van der Waals surface area contributed by atoms with Gasteiger partial charge in [-0.2, -0.15) is 0 Å². The minimum Gasteiger partial charge on any atom is -0.496 e. The fourth-order valence-corrected chi connectivity index (χ4v) is 3.66. The van der Waals surface area contributed by atoms with Crippen molar-refractivity contribution in [3.8, 4) is 5.75 Å². The molecule has 1 aromatic rings. The highest BCUT2D eigenvalue weighted by Gasteiger charge is 2.28. The van der Waals surface area contributed by atoms with Crippen LogP contribution in [0.15, 0.2) is 22.7 Å². The highest BCUT2D eigenvalue weighted by atomic mass is 79.9. The first-order valence-corrected chi connectivity index (χ1v) is 7.72. The van der Waals surface area contributed by atoms with Crippen LogP contribution in [0.25, 0.3) is 0 Å². The molecule has 0 radical (unpaired) electrons. The Balaban J connectivity index is 2.03. The van der Waals surface area contributed by atoms with Crippen molar-refractivity contribution >= 4 is 15.9 Å². The fourth-order valence-electron chi connectivity index (χ4n) is 3.07. The van der Waals surface area contributed by atoms with Crippen LogP contribution in [0.1, 0.15) is 31.7 Å². The molecule has 1 aromatic carbocycles. The van der Waals surface area contributed by atoms with Crippen LogP contribution in [-0.2, 0) is 6.42 Å². The summed E-state index contributed by atoms with van der Waals surface area (Å²) in [4.78, 5) is 0. The van der Waals surface area contributed by atoms with Gasteiger partial charge >= 0.3 is 0 Å². The van der Waals surface area contributed by atoms with Crippen molar-refractivity contribution in [3.63, 3.8) is 0 Å². The van der Waals surface area contributed by atoms with Gasteiger partial charge in [0.1, 0.15) is 5.75 Å². The Bertz CT molecular complexity index is 425. The average Bonchev–Trinajstić information content (AvgIpc) is 2.82. The molecule has 2 rings (SSSR count). The van der Waals surface area contributed by atoms with E-state index in [1.54, 1.807) is 7.11 Å². The summed E-state index contributed by atoms with van der Waals surface area (Å²) in [6.07, 6.45) is 4.87. The molecule has 0 amide bonds. The van der Waals surface area contributed by atoms with E-state index in [-0.39, 0.29) is 0 Å². The van der Waals surface area contributed by atoms with Gasteiger partial charge in [-0.1, -0.05) is 19.4 Å². The van der Waals surface area contributed by atoms with Gasteiger partial charge in [0.2, 0.25) is 0 Å². The maximum atomic E-state index is 5.75. The van der Waals surface area contributed by atoms with Gasteiger partial charge in [-0.3, -0.25) is 11.3 Å². The zero-order chi connectivity index (χ0) is 13.8. The normalized spacial score (nSPS) is 24.4. The summed E-state index contributed by atoms with van der Waals surface area (Å²) in [6.45, 7) is 2.33. The molecule has 3 nitrogen and oxygen atoms in total. The predicted octanol–water partition coefficient (Wildman–Crippen LogP) is 3.27. The van der Waals surface area contributed by atoms with E-state index in [0.717, 1.165) is 22.6 Å². The summed E-state index contributed by atoms with van der Waals surface area (Å²) < 4.78 is 6.26. The average molecular weight is 327 g/mol. The Morgan fingerprint density at radius 1 is 1.47 bits per heavy atom. The number of nitrogens with two attached hydrogens (primary N) is 1. The molecule has 106 valence electrons. The van der Waals surface area contributed by atoms with Crippen LogP contribution in [0.3, 0.4) is 0 Å². The maximum absolute atomic E-state index is 5.75. The molecule has 0 aliphatic heterocycles. The second kappa shape index (κ2) is 6.73. The monoisotopic (exact) mass is 326 g/mol. The van der Waals surface area contributed by atoms with E-state index >= 15 is 0 Å². The van der Waals surface area contributed by atoms with Gasteiger partial charge in [0.05, 0.1) is 11.6 Å². The van der Waals surface area contributed by atoms with Crippen LogP contribution in [0, 0.1) is 11.8 Å². The Morgan fingerprint density at radius 3 is 2.79 bits per heavy atom. The van der Waals surface area contributed by atoms with Crippen LogP contribution in [0.4, 0.5) is 0 Å². The molecule has 0 saturated heterocycles. The summed E-state index contributed by atoms with van der Waals surface area (Å²) in [6, 6.07) is 6.61. The van der Waals surface area contributed by atoms with E-state index in [1.807, 2.05) is 6.07 Å². The number of methoxy groups -OCH3 is 1. The summed E-state index contributed by atoms with van der Waals surface area (Å²) in [5.74, 6) is 8.16. The van der Waals surface area contributed by atoms with Gasteiger partial charge in [0.25, 0.3) is 0 Å². The highest BCUT2D eigenvalue weighted by Crippen LogP contribution is 2.34. The van der Waals surface area contributed by atoms with Crippen molar-refractivity contribution in [3.05, 3.63) is 28.2 Å². The van der Waals surface area contributed by atoms with E-state index in [9.17, 15) is 0 Å². The van der Waals surface area contributed by atoms with Crippen molar-refractivity contribution in [1.29, 1.82) is 0 Å². The molecular weight excluding hydrogens is 304 g/mol. The first-order valence-electron chi connectivity index (χ1n) is 6.92. The molecule has 0 heterocycles. The summed E-state index contributed by atoms with van der Waals surface area (Å²) in [5.41, 5.74) is 4.30. The molecule has 0 spiro atoms. The van der Waals surface area contributed by atoms with Crippen molar-refractivity contribution in [2.75, 3.05) is 7.11 Å². The predicted molar refractivity (Wildman–Crippen MR) is 82.0 cm³/mol. The van der Waals surface area contributed by atoms with Gasteiger partial charge in [-0.05, 0) is 64.7 Å². The van der Waals surface area contributed by atoms with Crippen LogP contribution in [0.5, 0.6) is 5.75 Å². The van der Waals surface area contributed by atoms with Crippen molar-refractivity contribution in [2.24, 2.45) is 17.7 Å². The number of hydrogen-bond donors (Lipinski definition) is 2. The molecule has 3 atom stereocenters. The molecule has 3 N–H and O–H groups in total. The Kier molecular flexibility index (Phi) is 5.25. The Hall–Kier alpha value is -0.580. The summed E-state index contributed by atoms with van der Waals surface area (Å²) in [5, 5.41) is 0. The first kappa shape index (κ1) is 14.8. The third kappa shape index (κ3) is 3.71. The number of hydrogen-bond acceptors (Lipinski definition) is 3.